The molecule has 0 unspecified atom stereocenters. The van der Waals surface area contributed by atoms with Crippen LogP contribution >= 0.6 is 27.3 Å². The predicted octanol–water partition coefficient (Wildman–Crippen LogP) is 6.30. The van der Waals surface area contributed by atoms with Crippen LogP contribution in [0.4, 0.5) is 5.69 Å². The Morgan fingerprint density at radius 2 is 1.96 bits per heavy atom. The third-order valence-electron chi connectivity index (χ3n) is 4.44. The Labute approximate surface area is 175 Å². The van der Waals surface area contributed by atoms with Gasteiger partial charge in [-0.15, -0.1) is 11.3 Å². The first-order valence-electron chi connectivity index (χ1n) is 8.66. The summed E-state index contributed by atoms with van der Waals surface area (Å²) in [5.74, 6) is 0.414. The first-order valence-corrected chi connectivity index (χ1v) is 10.3. The van der Waals surface area contributed by atoms with Crippen molar-refractivity contribution in [1.29, 1.82) is 0 Å². The molecule has 0 aliphatic rings. The number of hydrogen-bond donors (Lipinski definition) is 1. The molecule has 2 aromatic carbocycles. The number of aryl methyl sites for hydroxylation is 1. The second-order valence-electron chi connectivity index (χ2n) is 6.31. The number of para-hydroxylation sites is 2. The zero-order chi connectivity index (χ0) is 19.7. The lowest BCUT2D eigenvalue weighted by Crippen LogP contribution is -2.14. The number of nitrogens with zero attached hydrogens (tertiary/aromatic N) is 1. The molecular formula is C22H17BrN2O2S. The molecule has 1 N–H and O–H groups in total. The second-order valence-corrected chi connectivity index (χ2v) is 8.17. The van der Waals surface area contributed by atoms with Gasteiger partial charge in [-0.2, -0.15) is 0 Å². The number of carbonyl (C=O) groups excluding carboxylic acids is 1. The molecule has 0 bridgehead atoms. The van der Waals surface area contributed by atoms with Gasteiger partial charge in [0.15, 0.2) is 0 Å². The smallest absolute Gasteiger partial charge is 0.256 e. The molecular weight excluding hydrogens is 436 g/mol. The minimum Gasteiger partial charge on any atom is -0.495 e. The van der Waals surface area contributed by atoms with Crippen molar-refractivity contribution >= 4 is 49.8 Å². The van der Waals surface area contributed by atoms with E-state index in [0.29, 0.717) is 17.0 Å². The molecule has 4 nitrogen and oxygen atoms in total. The van der Waals surface area contributed by atoms with Crippen LogP contribution < -0.4 is 10.1 Å². The van der Waals surface area contributed by atoms with Crippen LogP contribution in [-0.4, -0.2) is 18.0 Å². The maximum Gasteiger partial charge on any atom is 0.256 e. The molecule has 6 heteroatoms. The fraction of sp³-hybridized carbons (Fsp3) is 0.0909. The molecule has 0 radical (unpaired) electrons. The number of rotatable bonds is 4. The van der Waals surface area contributed by atoms with Crippen LogP contribution in [0.2, 0.25) is 0 Å². The van der Waals surface area contributed by atoms with Crippen molar-refractivity contribution in [1.82, 2.24) is 4.98 Å². The predicted molar refractivity (Wildman–Crippen MR) is 118 cm³/mol. The van der Waals surface area contributed by atoms with Gasteiger partial charge >= 0.3 is 0 Å². The Balaban J connectivity index is 1.88. The number of fused-ring (bicyclic) bond motifs is 1. The lowest BCUT2D eigenvalue weighted by atomic mass is 10.0. The third kappa shape index (κ3) is 3.53. The lowest BCUT2D eigenvalue weighted by molar-refractivity contribution is 0.102. The molecule has 1 amide bonds. The third-order valence-corrected chi connectivity index (χ3v) is 5.79. The molecule has 0 saturated carbocycles. The van der Waals surface area contributed by atoms with E-state index in [1.54, 1.807) is 18.4 Å². The van der Waals surface area contributed by atoms with Crippen molar-refractivity contribution in [3.63, 3.8) is 0 Å². The van der Waals surface area contributed by atoms with E-state index in [0.717, 1.165) is 31.5 Å². The van der Waals surface area contributed by atoms with Crippen LogP contribution in [-0.2, 0) is 0 Å². The first-order chi connectivity index (χ1) is 13.6. The highest BCUT2D eigenvalue weighted by atomic mass is 79.9. The van der Waals surface area contributed by atoms with Gasteiger partial charge in [-0.3, -0.25) is 4.79 Å². The maximum atomic E-state index is 13.2. The van der Waals surface area contributed by atoms with Gasteiger partial charge in [-0.05, 0) is 54.3 Å². The summed E-state index contributed by atoms with van der Waals surface area (Å²) in [4.78, 5) is 19.1. The van der Waals surface area contributed by atoms with Crippen LogP contribution in [0.1, 0.15) is 15.9 Å². The molecule has 4 rings (SSSR count). The van der Waals surface area contributed by atoms with Gasteiger partial charge in [-0.1, -0.05) is 34.1 Å². The van der Waals surface area contributed by atoms with Crippen LogP contribution in [0.5, 0.6) is 5.75 Å². The quantitative estimate of drug-likeness (QED) is 0.395. The van der Waals surface area contributed by atoms with Crippen LogP contribution in [0.25, 0.3) is 21.5 Å². The average Bonchev–Trinajstić information content (AvgIpc) is 3.22. The molecule has 0 aliphatic heterocycles. The number of carbonyl (C=O) groups is 1. The largest absolute Gasteiger partial charge is 0.495 e. The molecule has 28 heavy (non-hydrogen) atoms. The van der Waals surface area contributed by atoms with Gasteiger partial charge in [0.25, 0.3) is 5.91 Å². The second kappa shape index (κ2) is 7.73. The molecule has 2 heterocycles. The Morgan fingerprint density at radius 1 is 1.14 bits per heavy atom. The van der Waals surface area contributed by atoms with Crippen LogP contribution in [0.3, 0.4) is 0 Å². The Kier molecular flexibility index (Phi) is 5.15. The minimum atomic E-state index is -0.202. The van der Waals surface area contributed by atoms with Gasteiger partial charge < -0.3 is 10.1 Å². The number of anilines is 1. The number of benzene rings is 2. The standard InChI is InChI=1S/C22H17BrN2O2S/c1-13-10-14(23)11-15-16(12-18(24-21(13)15)20-8-5-9-28-20)22(26)25-17-6-3-4-7-19(17)27-2/h3-12H,1-2H3,(H,25,26). The van der Waals surface area contributed by atoms with Gasteiger partial charge in [-0.25, -0.2) is 4.98 Å². The van der Waals surface area contributed by atoms with E-state index in [1.807, 2.05) is 66.9 Å². The average molecular weight is 453 g/mol. The number of halogens is 1. The Morgan fingerprint density at radius 3 is 2.71 bits per heavy atom. The number of aromatic nitrogens is 1. The van der Waals surface area contributed by atoms with Gasteiger partial charge in [0, 0.05) is 9.86 Å². The van der Waals surface area contributed by atoms with Crippen molar-refractivity contribution in [3.8, 4) is 16.3 Å². The number of ether oxygens (including phenoxy) is 1. The van der Waals surface area contributed by atoms with Crippen molar-refractivity contribution in [2.45, 2.75) is 6.92 Å². The molecule has 0 fully saturated rings. The van der Waals surface area contributed by atoms with Crippen molar-refractivity contribution in [3.05, 3.63) is 75.6 Å². The van der Waals surface area contributed by atoms with Gasteiger partial charge in [0.1, 0.15) is 5.75 Å². The SMILES string of the molecule is COc1ccccc1NC(=O)c1cc(-c2cccs2)nc2c(C)cc(Br)cc12. The van der Waals surface area contributed by atoms with E-state index in [1.165, 1.54) is 0 Å². The number of pyridine rings is 1. The van der Waals surface area contributed by atoms with E-state index in [2.05, 4.69) is 21.2 Å². The summed E-state index contributed by atoms with van der Waals surface area (Å²) >= 11 is 5.14. The number of methoxy groups -OCH3 is 1. The van der Waals surface area contributed by atoms with E-state index >= 15 is 0 Å². The Hall–Kier alpha value is -2.70. The molecule has 0 atom stereocenters. The number of hydrogen-bond acceptors (Lipinski definition) is 4. The van der Waals surface area contributed by atoms with E-state index in [-0.39, 0.29) is 5.91 Å². The van der Waals surface area contributed by atoms with Crippen LogP contribution in [0, 0.1) is 6.92 Å². The van der Waals surface area contributed by atoms with E-state index < -0.39 is 0 Å². The summed E-state index contributed by atoms with van der Waals surface area (Å²) in [6.45, 7) is 2.00. The van der Waals surface area contributed by atoms with Crippen LogP contribution in [0.15, 0.2) is 64.5 Å². The lowest BCUT2D eigenvalue weighted by Gasteiger charge is -2.13. The molecule has 0 saturated heterocycles. The summed E-state index contributed by atoms with van der Waals surface area (Å²) in [5.41, 5.74) is 3.82. The normalized spacial score (nSPS) is 10.8. The monoisotopic (exact) mass is 452 g/mol. The summed E-state index contributed by atoms with van der Waals surface area (Å²) in [5, 5.41) is 5.79. The highest BCUT2D eigenvalue weighted by Gasteiger charge is 2.17. The number of thiophene rings is 1. The maximum absolute atomic E-state index is 13.2. The molecule has 140 valence electrons. The molecule has 2 aromatic heterocycles. The molecule has 0 spiro atoms. The fourth-order valence-electron chi connectivity index (χ4n) is 3.13. The summed E-state index contributed by atoms with van der Waals surface area (Å²) in [6.07, 6.45) is 0. The summed E-state index contributed by atoms with van der Waals surface area (Å²) in [6, 6.07) is 17.2. The number of nitrogens with one attached hydrogen (secondary N) is 1. The number of amides is 1. The molecule has 0 aliphatic carbocycles. The van der Waals surface area contributed by atoms with Gasteiger partial charge in [0.2, 0.25) is 0 Å². The fourth-order valence-corrected chi connectivity index (χ4v) is 4.39. The van der Waals surface area contributed by atoms with E-state index in [4.69, 9.17) is 9.72 Å². The molecule has 4 aromatic rings. The zero-order valence-corrected chi connectivity index (χ0v) is 17.7. The van der Waals surface area contributed by atoms with E-state index in [9.17, 15) is 4.79 Å². The summed E-state index contributed by atoms with van der Waals surface area (Å²) in [7, 11) is 1.59. The van der Waals surface area contributed by atoms with Crippen molar-refractivity contribution < 1.29 is 9.53 Å². The highest BCUT2D eigenvalue weighted by molar-refractivity contribution is 9.10. The summed E-state index contributed by atoms with van der Waals surface area (Å²) < 4.78 is 6.27. The first kappa shape index (κ1) is 18.7. The zero-order valence-electron chi connectivity index (χ0n) is 15.3. The minimum absolute atomic E-state index is 0.202. The van der Waals surface area contributed by atoms with Gasteiger partial charge in [0.05, 0.1) is 34.4 Å². The Bertz CT molecular complexity index is 1170. The highest BCUT2D eigenvalue weighted by Crippen LogP contribution is 2.32. The topological polar surface area (TPSA) is 51.2 Å². The van der Waals surface area contributed by atoms with Crippen molar-refractivity contribution in [2.75, 3.05) is 12.4 Å². The van der Waals surface area contributed by atoms with Crippen molar-refractivity contribution in [2.24, 2.45) is 0 Å².